The van der Waals surface area contributed by atoms with E-state index in [1.165, 1.54) is 0 Å². The summed E-state index contributed by atoms with van der Waals surface area (Å²) >= 11 is 0. The molecule has 1 heterocycles. The SMILES string of the molecule is NC(=O)COc1ccc(-c2noc(-c3cccc(COCC(F)(F)C(F)F)c3)n2)cc1. The van der Waals surface area contributed by atoms with Crippen LogP contribution in [-0.2, 0) is 16.1 Å². The predicted octanol–water partition coefficient (Wildman–Crippen LogP) is 3.68. The van der Waals surface area contributed by atoms with Gasteiger partial charge in [-0.15, -0.1) is 0 Å². The number of rotatable bonds is 10. The second-order valence-corrected chi connectivity index (χ2v) is 6.46. The third-order valence-corrected chi connectivity index (χ3v) is 3.98. The van der Waals surface area contributed by atoms with Crippen LogP contribution in [0.25, 0.3) is 22.8 Å². The van der Waals surface area contributed by atoms with E-state index in [2.05, 4.69) is 10.1 Å². The number of benzene rings is 2. The highest BCUT2D eigenvalue weighted by atomic mass is 19.3. The van der Waals surface area contributed by atoms with E-state index in [1.807, 2.05) is 0 Å². The first-order valence-corrected chi connectivity index (χ1v) is 8.93. The molecule has 0 aliphatic carbocycles. The molecule has 2 aromatic carbocycles. The summed E-state index contributed by atoms with van der Waals surface area (Å²) in [4.78, 5) is 15.0. The molecule has 0 saturated carbocycles. The molecule has 0 aliphatic rings. The highest BCUT2D eigenvalue weighted by Crippen LogP contribution is 2.26. The van der Waals surface area contributed by atoms with Gasteiger partial charge in [0.25, 0.3) is 11.8 Å². The molecule has 0 unspecified atom stereocenters. The summed E-state index contributed by atoms with van der Waals surface area (Å²) in [5, 5.41) is 3.90. The van der Waals surface area contributed by atoms with Crippen molar-refractivity contribution in [1.29, 1.82) is 0 Å². The number of primary amides is 1. The average molecular weight is 439 g/mol. The van der Waals surface area contributed by atoms with Crippen molar-refractivity contribution in [2.24, 2.45) is 5.73 Å². The molecule has 164 valence electrons. The van der Waals surface area contributed by atoms with Gasteiger partial charge < -0.3 is 19.7 Å². The fourth-order valence-electron chi connectivity index (χ4n) is 2.47. The maximum atomic E-state index is 12.9. The Morgan fingerprint density at radius 3 is 2.55 bits per heavy atom. The fourth-order valence-corrected chi connectivity index (χ4v) is 2.47. The number of carbonyl (C=O) groups excluding carboxylic acids is 1. The van der Waals surface area contributed by atoms with Crippen LogP contribution in [-0.4, -0.2) is 41.6 Å². The molecule has 0 saturated heterocycles. The zero-order chi connectivity index (χ0) is 22.4. The van der Waals surface area contributed by atoms with Gasteiger partial charge in [0, 0.05) is 11.1 Å². The van der Waals surface area contributed by atoms with E-state index in [0.717, 1.165) is 0 Å². The Bertz CT molecular complexity index is 1030. The number of hydrogen-bond donors (Lipinski definition) is 1. The number of aromatic nitrogens is 2. The van der Waals surface area contributed by atoms with Crippen molar-refractivity contribution in [3.8, 4) is 28.6 Å². The molecule has 2 N–H and O–H groups in total. The van der Waals surface area contributed by atoms with E-state index in [4.69, 9.17) is 19.7 Å². The highest BCUT2D eigenvalue weighted by molar-refractivity contribution is 5.75. The molecule has 0 fully saturated rings. The smallest absolute Gasteiger partial charge is 0.330 e. The van der Waals surface area contributed by atoms with Crippen molar-refractivity contribution >= 4 is 5.91 Å². The molecule has 31 heavy (non-hydrogen) atoms. The summed E-state index contributed by atoms with van der Waals surface area (Å²) in [5.74, 6) is -3.91. The first-order chi connectivity index (χ1) is 14.7. The minimum atomic E-state index is -4.21. The summed E-state index contributed by atoms with van der Waals surface area (Å²) < 4.78 is 65.3. The van der Waals surface area contributed by atoms with E-state index in [1.54, 1.807) is 48.5 Å². The summed E-state index contributed by atoms with van der Waals surface area (Å²) in [6, 6.07) is 13.0. The first-order valence-electron chi connectivity index (χ1n) is 8.93. The lowest BCUT2D eigenvalue weighted by molar-refractivity contribution is -0.168. The molecule has 11 heteroatoms. The Labute approximate surface area is 173 Å². The number of amides is 1. The van der Waals surface area contributed by atoms with Gasteiger partial charge in [0.2, 0.25) is 5.82 Å². The number of carbonyl (C=O) groups is 1. The Morgan fingerprint density at radius 1 is 1.13 bits per heavy atom. The van der Waals surface area contributed by atoms with Gasteiger partial charge in [0.1, 0.15) is 12.4 Å². The fraction of sp³-hybridized carbons (Fsp3) is 0.250. The van der Waals surface area contributed by atoms with Crippen LogP contribution in [0.3, 0.4) is 0 Å². The van der Waals surface area contributed by atoms with Crippen LogP contribution in [0, 0.1) is 0 Å². The molecule has 0 radical (unpaired) electrons. The Hall–Kier alpha value is -3.47. The number of halogens is 4. The normalized spacial score (nSPS) is 11.6. The molecule has 0 spiro atoms. The number of hydrogen-bond acceptors (Lipinski definition) is 6. The van der Waals surface area contributed by atoms with Crippen LogP contribution in [0.4, 0.5) is 17.6 Å². The second kappa shape index (κ2) is 9.56. The topological polar surface area (TPSA) is 100 Å². The largest absolute Gasteiger partial charge is 0.484 e. The predicted molar refractivity (Wildman–Crippen MR) is 100 cm³/mol. The second-order valence-electron chi connectivity index (χ2n) is 6.46. The Balaban J connectivity index is 1.65. The van der Waals surface area contributed by atoms with Crippen LogP contribution in [0.5, 0.6) is 5.75 Å². The van der Waals surface area contributed by atoms with Gasteiger partial charge in [0.15, 0.2) is 6.61 Å². The van der Waals surface area contributed by atoms with Crippen LogP contribution in [0.1, 0.15) is 5.56 Å². The van der Waals surface area contributed by atoms with Gasteiger partial charge in [-0.2, -0.15) is 13.8 Å². The van der Waals surface area contributed by atoms with Crippen molar-refractivity contribution < 1.29 is 36.4 Å². The van der Waals surface area contributed by atoms with E-state index in [9.17, 15) is 22.4 Å². The number of ether oxygens (including phenoxy) is 2. The number of nitrogens with two attached hydrogens (primary N) is 1. The van der Waals surface area contributed by atoms with E-state index in [0.29, 0.717) is 22.4 Å². The molecular formula is C20H17F4N3O4. The Kier molecular flexibility index (Phi) is 6.85. The highest BCUT2D eigenvalue weighted by Gasteiger charge is 2.40. The number of alkyl halides is 4. The van der Waals surface area contributed by atoms with Gasteiger partial charge in [-0.3, -0.25) is 4.79 Å². The minimum Gasteiger partial charge on any atom is -0.484 e. The average Bonchev–Trinajstić information content (AvgIpc) is 3.23. The summed E-state index contributed by atoms with van der Waals surface area (Å²) in [5.41, 5.74) is 6.61. The lowest BCUT2D eigenvalue weighted by atomic mass is 10.1. The lowest BCUT2D eigenvalue weighted by Crippen LogP contribution is -2.32. The van der Waals surface area contributed by atoms with Crippen LogP contribution < -0.4 is 10.5 Å². The zero-order valence-electron chi connectivity index (χ0n) is 15.9. The quantitative estimate of drug-likeness (QED) is 0.484. The van der Waals surface area contributed by atoms with Crippen molar-refractivity contribution in [3.05, 3.63) is 54.1 Å². The van der Waals surface area contributed by atoms with Crippen molar-refractivity contribution in [3.63, 3.8) is 0 Å². The molecule has 0 atom stereocenters. The summed E-state index contributed by atoms with van der Waals surface area (Å²) in [7, 11) is 0. The lowest BCUT2D eigenvalue weighted by Gasteiger charge is -2.15. The van der Waals surface area contributed by atoms with Gasteiger partial charge >= 0.3 is 12.3 Å². The minimum absolute atomic E-state index is 0.170. The third kappa shape index (κ3) is 6.01. The van der Waals surface area contributed by atoms with E-state index in [-0.39, 0.29) is 24.9 Å². The Morgan fingerprint density at radius 2 is 1.87 bits per heavy atom. The molecule has 0 aliphatic heterocycles. The van der Waals surface area contributed by atoms with Crippen molar-refractivity contribution in [2.75, 3.05) is 13.2 Å². The molecule has 1 aromatic heterocycles. The van der Waals surface area contributed by atoms with E-state index >= 15 is 0 Å². The van der Waals surface area contributed by atoms with Crippen LogP contribution in [0.2, 0.25) is 0 Å². The maximum absolute atomic E-state index is 12.9. The van der Waals surface area contributed by atoms with Crippen LogP contribution in [0.15, 0.2) is 53.1 Å². The first kappa shape index (κ1) is 22.2. The van der Waals surface area contributed by atoms with Gasteiger partial charge in [-0.25, -0.2) is 8.78 Å². The summed E-state index contributed by atoms with van der Waals surface area (Å²) in [6.45, 7) is -1.92. The number of nitrogens with zero attached hydrogens (tertiary/aromatic N) is 2. The molecule has 0 bridgehead atoms. The van der Waals surface area contributed by atoms with Crippen molar-refractivity contribution in [2.45, 2.75) is 19.0 Å². The molecule has 3 aromatic rings. The summed E-state index contributed by atoms with van der Waals surface area (Å²) in [6.07, 6.45) is -3.79. The maximum Gasteiger partial charge on any atom is 0.330 e. The van der Waals surface area contributed by atoms with Gasteiger partial charge in [0.05, 0.1) is 6.61 Å². The molecule has 3 rings (SSSR count). The van der Waals surface area contributed by atoms with Gasteiger partial charge in [-0.1, -0.05) is 17.3 Å². The van der Waals surface area contributed by atoms with Crippen LogP contribution >= 0.6 is 0 Å². The molecule has 7 nitrogen and oxygen atoms in total. The van der Waals surface area contributed by atoms with Crippen molar-refractivity contribution in [1.82, 2.24) is 10.1 Å². The molecular weight excluding hydrogens is 422 g/mol. The molecule has 1 amide bonds. The standard InChI is InChI=1S/C20H17F4N3O4/c21-19(22)20(23,24)11-29-9-12-2-1-3-14(8-12)18-26-17(27-31-18)13-4-6-15(7-5-13)30-10-16(25)28/h1-8,19H,9-11H2,(H2,25,28). The van der Waals surface area contributed by atoms with Gasteiger partial charge in [-0.05, 0) is 42.0 Å². The van der Waals surface area contributed by atoms with E-state index < -0.39 is 24.9 Å². The zero-order valence-corrected chi connectivity index (χ0v) is 15.9. The third-order valence-electron chi connectivity index (χ3n) is 3.98. The monoisotopic (exact) mass is 439 g/mol.